The third-order valence-corrected chi connectivity index (χ3v) is 3.60. The first-order valence-electron chi connectivity index (χ1n) is 6.23. The van der Waals surface area contributed by atoms with E-state index in [-0.39, 0.29) is 12.5 Å². The standard InChI is InChI=1S/C14H21NO2S/c1-10(2)18-12-8-6-11(7-9-12)13(15)4-3-5-14(16)17/h6-10,13H,3-5,15H2,1-2H3,(H,16,17). The van der Waals surface area contributed by atoms with Crippen molar-refractivity contribution >= 4 is 17.7 Å². The number of nitrogens with two attached hydrogens (primary N) is 1. The van der Waals surface area contributed by atoms with Gasteiger partial charge < -0.3 is 10.8 Å². The smallest absolute Gasteiger partial charge is 0.303 e. The molecule has 3 N–H and O–H groups in total. The molecule has 18 heavy (non-hydrogen) atoms. The van der Waals surface area contributed by atoms with Crippen LogP contribution in [0, 0.1) is 0 Å². The van der Waals surface area contributed by atoms with Gasteiger partial charge in [0.1, 0.15) is 0 Å². The molecular formula is C14H21NO2S. The Kier molecular flexibility index (Phi) is 6.22. The molecule has 0 radical (unpaired) electrons. The van der Waals surface area contributed by atoms with Crippen LogP contribution >= 0.6 is 11.8 Å². The van der Waals surface area contributed by atoms with Gasteiger partial charge >= 0.3 is 5.97 Å². The SMILES string of the molecule is CC(C)Sc1ccc(C(N)CCCC(=O)O)cc1. The molecule has 1 aromatic carbocycles. The van der Waals surface area contributed by atoms with Crippen LogP contribution in [0.25, 0.3) is 0 Å². The summed E-state index contributed by atoms with van der Waals surface area (Å²) in [6.07, 6.45) is 1.52. The highest BCUT2D eigenvalue weighted by Crippen LogP contribution is 2.25. The fraction of sp³-hybridized carbons (Fsp3) is 0.500. The minimum absolute atomic E-state index is 0.0672. The average Bonchev–Trinajstić information content (AvgIpc) is 2.28. The highest BCUT2D eigenvalue weighted by atomic mass is 32.2. The van der Waals surface area contributed by atoms with Crippen LogP contribution in [0.3, 0.4) is 0 Å². The van der Waals surface area contributed by atoms with Crippen molar-refractivity contribution < 1.29 is 9.90 Å². The van der Waals surface area contributed by atoms with E-state index in [1.807, 2.05) is 23.9 Å². The zero-order valence-corrected chi connectivity index (χ0v) is 11.7. The van der Waals surface area contributed by atoms with Crippen molar-refractivity contribution in [3.8, 4) is 0 Å². The molecular weight excluding hydrogens is 246 g/mol. The van der Waals surface area contributed by atoms with Gasteiger partial charge in [0.2, 0.25) is 0 Å². The van der Waals surface area contributed by atoms with E-state index in [0.717, 1.165) is 5.56 Å². The van der Waals surface area contributed by atoms with Gasteiger partial charge in [-0.05, 0) is 30.5 Å². The Morgan fingerprint density at radius 3 is 2.44 bits per heavy atom. The summed E-state index contributed by atoms with van der Waals surface area (Å²) in [7, 11) is 0. The van der Waals surface area contributed by atoms with Crippen molar-refractivity contribution in [3.63, 3.8) is 0 Å². The fourth-order valence-electron chi connectivity index (χ4n) is 1.71. The maximum atomic E-state index is 10.4. The summed E-state index contributed by atoms with van der Waals surface area (Å²) in [4.78, 5) is 11.7. The first-order valence-corrected chi connectivity index (χ1v) is 7.11. The Labute approximate surface area is 113 Å². The predicted octanol–water partition coefficient (Wildman–Crippen LogP) is 3.44. The van der Waals surface area contributed by atoms with Crippen LogP contribution in [0.15, 0.2) is 29.2 Å². The van der Waals surface area contributed by atoms with Gasteiger partial charge in [-0.3, -0.25) is 4.79 Å². The van der Waals surface area contributed by atoms with Gasteiger partial charge in [0.25, 0.3) is 0 Å². The van der Waals surface area contributed by atoms with Gasteiger partial charge in [0, 0.05) is 22.6 Å². The molecule has 0 aliphatic carbocycles. The van der Waals surface area contributed by atoms with E-state index in [0.29, 0.717) is 18.1 Å². The predicted molar refractivity (Wildman–Crippen MR) is 75.9 cm³/mol. The zero-order chi connectivity index (χ0) is 13.5. The molecule has 0 aliphatic rings. The molecule has 0 saturated carbocycles. The van der Waals surface area contributed by atoms with E-state index in [9.17, 15) is 4.79 Å². The Hall–Kier alpha value is -1.00. The normalized spacial score (nSPS) is 12.7. The molecule has 1 rings (SSSR count). The Balaban J connectivity index is 2.48. The van der Waals surface area contributed by atoms with Gasteiger partial charge in [-0.25, -0.2) is 0 Å². The lowest BCUT2D eigenvalue weighted by atomic mass is 10.0. The van der Waals surface area contributed by atoms with Crippen LogP contribution < -0.4 is 5.73 Å². The first kappa shape index (κ1) is 15.1. The first-order chi connectivity index (χ1) is 8.49. The Bertz CT molecular complexity index is 376. The van der Waals surface area contributed by atoms with Gasteiger partial charge in [0.15, 0.2) is 0 Å². The summed E-state index contributed by atoms with van der Waals surface area (Å²) in [6, 6.07) is 8.17. The third kappa shape index (κ3) is 5.56. The molecule has 0 heterocycles. The van der Waals surface area contributed by atoms with E-state index in [1.165, 1.54) is 4.90 Å². The summed E-state index contributed by atoms with van der Waals surface area (Å²) in [5, 5.41) is 9.14. The number of hydrogen-bond acceptors (Lipinski definition) is 3. The second kappa shape index (κ2) is 7.44. The summed E-state index contributed by atoms with van der Waals surface area (Å²) < 4.78 is 0. The molecule has 4 heteroatoms. The summed E-state index contributed by atoms with van der Waals surface area (Å²) in [5.41, 5.74) is 7.11. The van der Waals surface area contributed by atoms with Crippen molar-refractivity contribution in [2.24, 2.45) is 5.73 Å². The second-order valence-corrected chi connectivity index (χ2v) is 6.28. The third-order valence-electron chi connectivity index (χ3n) is 2.59. The molecule has 0 spiro atoms. The lowest BCUT2D eigenvalue weighted by Gasteiger charge is -2.12. The molecule has 0 amide bonds. The number of aliphatic carboxylic acids is 1. The van der Waals surface area contributed by atoms with Crippen molar-refractivity contribution in [2.75, 3.05) is 0 Å². The fourth-order valence-corrected chi connectivity index (χ4v) is 2.54. The number of thioether (sulfide) groups is 1. The summed E-state index contributed by atoms with van der Waals surface area (Å²) >= 11 is 1.82. The van der Waals surface area contributed by atoms with Crippen molar-refractivity contribution in [1.29, 1.82) is 0 Å². The molecule has 1 atom stereocenters. The summed E-state index contributed by atoms with van der Waals surface area (Å²) in [5.74, 6) is -0.758. The van der Waals surface area contributed by atoms with Gasteiger partial charge in [-0.15, -0.1) is 11.8 Å². The van der Waals surface area contributed by atoms with Crippen LogP contribution in [0.4, 0.5) is 0 Å². The molecule has 0 saturated heterocycles. The molecule has 0 fully saturated rings. The van der Waals surface area contributed by atoms with Crippen LogP contribution in [0.5, 0.6) is 0 Å². The number of carbonyl (C=O) groups is 1. The number of carboxylic acids is 1. The Morgan fingerprint density at radius 1 is 1.33 bits per heavy atom. The maximum absolute atomic E-state index is 10.4. The average molecular weight is 267 g/mol. The van der Waals surface area contributed by atoms with Crippen molar-refractivity contribution in [2.45, 2.75) is 49.3 Å². The molecule has 0 bridgehead atoms. The van der Waals surface area contributed by atoms with E-state index in [1.54, 1.807) is 0 Å². The van der Waals surface area contributed by atoms with E-state index in [2.05, 4.69) is 26.0 Å². The second-order valence-electron chi connectivity index (χ2n) is 4.63. The number of rotatable bonds is 7. The number of hydrogen-bond donors (Lipinski definition) is 2. The highest BCUT2D eigenvalue weighted by Gasteiger charge is 2.07. The highest BCUT2D eigenvalue weighted by molar-refractivity contribution is 7.99. The molecule has 0 aromatic heterocycles. The lowest BCUT2D eigenvalue weighted by molar-refractivity contribution is -0.137. The largest absolute Gasteiger partial charge is 0.481 e. The van der Waals surface area contributed by atoms with Crippen LogP contribution in [0.1, 0.15) is 44.7 Å². The number of benzene rings is 1. The quantitative estimate of drug-likeness (QED) is 0.743. The monoisotopic (exact) mass is 267 g/mol. The zero-order valence-electron chi connectivity index (χ0n) is 10.9. The van der Waals surface area contributed by atoms with Crippen LogP contribution in [-0.4, -0.2) is 16.3 Å². The van der Waals surface area contributed by atoms with Gasteiger partial charge in [0.05, 0.1) is 0 Å². The maximum Gasteiger partial charge on any atom is 0.303 e. The topological polar surface area (TPSA) is 63.3 Å². The molecule has 100 valence electrons. The van der Waals surface area contributed by atoms with E-state index < -0.39 is 5.97 Å². The number of carboxylic acid groups (broad SMARTS) is 1. The minimum Gasteiger partial charge on any atom is -0.481 e. The van der Waals surface area contributed by atoms with Gasteiger partial charge in [-0.1, -0.05) is 26.0 Å². The van der Waals surface area contributed by atoms with Crippen molar-refractivity contribution in [3.05, 3.63) is 29.8 Å². The van der Waals surface area contributed by atoms with Crippen LogP contribution in [0.2, 0.25) is 0 Å². The summed E-state index contributed by atoms with van der Waals surface area (Å²) in [6.45, 7) is 4.33. The minimum atomic E-state index is -0.758. The van der Waals surface area contributed by atoms with Crippen LogP contribution in [-0.2, 0) is 4.79 Å². The molecule has 0 aliphatic heterocycles. The van der Waals surface area contributed by atoms with Gasteiger partial charge in [-0.2, -0.15) is 0 Å². The molecule has 1 unspecified atom stereocenters. The Morgan fingerprint density at radius 2 is 1.94 bits per heavy atom. The van der Waals surface area contributed by atoms with E-state index in [4.69, 9.17) is 10.8 Å². The molecule has 3 nitrogen and oxygen atoms in total. The molecule has 1 aromatic rings. The van der Waals surface area contributed by atoms with E-state index >= 15 is 0 Å². The lowest BCUT2D eigenvalue weighted by Crippen LogP contribution is -2.10. The van der Waals surface area contributed by atoms with Crippen molar-refractivity contribution in [1.82, 2.24) is 0 Å².